The maximum Gasteiger partial charge on any atom is 0.412 e. The molecule has 1 fully saturated rings. The molecule has 0 saturated carbocycles. The Labute approximate surface area is 162 Å². The summed E-state index contributed by atoms with van der Waals surface area (Å²) in [6.45, 7) is 3.30. The first kappa shape index (κ1) is 19.0. The molecule has 1 saturated heterocycles. The third-order valence-electron chi connectivity index (χ3n) is 4.04. The van der Waals surface area contributed by atoms with Gasteiger partial charge in [0.25, 0.3) is 0 Å². The van der Waals surface area contributed by atoms with Gasteiger partial charge in [-0.2, -0.15) is 0 Å². The number of amides is 1. The molecular weight excluding hydrogens is 375 g/mol. The van der Waals surface area contributed by atoms with Crippen LogP contribution in [0.2, 0.25) is 10.0 Å². The predicted octanol–water partition coefficient (Wildman–Crippen LogP) is 3.98. The normalized spacial score (nSPS) is 17.7. The van der Waals surface area contributed by atoms with Gasteiger partial charge >= 0.3 is 6.09 Å². The van der Waals surface area contributed by atoms with Crippen LogP contribution in [0.1, 0.15) is 5.56 Å². The summed E-state index contributed by atoms with van der Waals surface area (Å²) in [4.78, 5) is 14.1. The number of hydrogen-bond acceptors (Lipinski definition) is 4. The molecule has 1 amide bonds. The van der Waals surface area contributed by atoms with E-state index in [1.165, 1.54) is 0 Å². The minimum atomic E-state index is -0.485. The molecule has 1 N–H and O–H groups in total. The summed E-state index contributed by atoms with van der Waals surface area (Å²) in [6, 6.07) is 14.6. The largest absolute Gasteiger partial charge is 0.412 e. The van der Waals surface area contributed by atoms with Crippen LogP contribution in [0.5, 0.6) is 5.75 Å². The summed E-state index contributed by atoms with van der Waals surface area (Å²) >= 11 is 12.0. The Bertz CT molecular complexity index is 743. The Hall–Kier alpha value is -1.79. The topological polar surface area (TPSA) is 50.8 Å². The standard InChI is InChI=1S/C19H20Cl2N2O3/c20-17-7-6-14(10-18(17)21)12-23-8-9-25-16(13-23)11-22-19(24)26-15-4-2-1-3-5-15/h1-7,10,16H,8-9,11-13H2,(H,22,24). The second-order valence-corrected chi connectivity index (χ2v) is 6.87. The molecule has 138 valence electrons. The lowest BCUT2D eigenvalue weighted by molar-refractivity contribution is -0.0292. The van der Waals surface area contributed by atoms with Crippen LogP contribution < -0.4 is 10.1 Å². The van der Waals surface area contributed by atoms with E-state index < -0.39 is 6.09 Å². The molecule has 2 aromatic rings. The highest BCUT2D eigenvalue weighted by atomic mass is 35.5. The molecule has 2 aromatic carbocycles. The lowest BCUT2D eigenvalue weighted by Gasteiger charge is -2.33. The number of rotatable bonds is 5. The molecule has 0 spiro atoms. The number of carbonyl (C=O) groups is 1. The number of para-hydroxylation sites is 1. The number of nitrogens with one attached hydrogen (secondary N) is 1. The van der Waals surface area contributed by atoms with Crippen LogP contribution in [0.15, 0.2) is 48.5 Å². The van der Waals surface area contributed by atoms with Crippen molar-refractivity contribution in [2.75, 3.05) is 26.2 Å². The molecule has 5 nitrogen and oxygen atoms in total. The average molecular weight is 395 g/mol. The fourth-order valence-corrected chi connectivity index (χ4v) is 3.09. The lowest BCUT2D eigenvalue weighted by atomic mass is 10.2. The van der Waals surface area contributed by atoms with Crippen molar-refractivity contribution in [3.63, 3.8) is 0 Å². The summed E-state index contributed by atoms with van der Waals surface area (Å²) in [5.41, 5.74) is 1.09. The van der Waals surface area contributed by atoms with Gasteiger partial charge in [-0.05, 0) is 29.8 Å². The fraction of sp³-hybridized carbons (Fsp3) is 0.316. The predicted molar refractivity (Wildman–Crippen MR) is 102 cm³/mol. The van der Waals surface area contributed by atoms with E-state index in [0.717, 1.165) is 18.7 Å². The second kappa shape index (κ2) is 9.24. The van der Waals surface area contributed by atoms with Gasteiger partial charge in [-0.3, -0.25) is 4.90 Å². The lowest BCUT2D eigenvalue weighted by Crippen LogP contribution is -2.47. The molecule has 0 aromatic heterocycles. The Kier molecular flexibility index (Phi) is 6.74. The third kappa shape index (κ3) is 5.61. The molecule has 0 radical (unpaired) electrons. The Morgan fingerprint density at radius 3 is 2.77 bits per heavy atom. The summed E-state index contributed by atoms with van der Waals surface area (Å²) < 4.78 is 10.9. The van der Waals surface area contributed by atoms with Crippen molar-refractivity contribution in [1.82, 2.24) is 10.2 Å². The summed E-state index contributed by atoms with van der Waals surface area (Å²) in [7, 11) is 0. The van der Waals surface area contributed by atoms with Gasteiger partial charge in [0.2, 0.25) is 0 Å². The monoisotopic (exact) mass is 394 g/mol. The minimum absolute atomic E-state index is 0.0881. The van der Waals surface area contributed by atoms with E-state index in [9.17, 15) is 4.79 Å². The summed E-state index contributed by atoms with van der Waals surface area (Å²) in [5, 5.41) is 3.86. The number of halogens is 2. The molecule has 1 heterocycles. The molecule has 26 heavy (non-hydrogen) atoms. The second-order valence-electron chi connectivity index (χ2n) is 6.06. The van der Waals surface area contributed by atoms with E-state index in [0.29, 0.717) is 35.5 Å². The van der Waals surface area contributed by atoms with E-state index in [4.69, 9.17) is 32.7 Å². The van der Waals surface area contributed by atoms with Gasteiger partial charge in [-0.15, -0.1) is 0 Å². The van der Waals surface area contributed by atoms with Crippen LogP contribution in [0, 0.1) is 0 Å². The highest BCUT2D eigenvalue weighted by Crippen LogP contribution is 2.23. The fourth-order valence-electron chi connectivity index (χ4n) is 2.77. The number of ether oxygens (including phenoxy) is 2. The molecule has 1 atom stereocenters. The van der Waals surface area contributed by atoms with Crippen LogP contribution in [0.4, 0.5) is 4.79 Å². The zero-order chi connectivity index (χ0) is 18.4. The van der Waals surface area contributed by atoms with E-state index in [1.807, 2.05) is 30.3 Å². The molecule has 3 rings (SSSR count). The van der Waals surface area contributed by atoms with Crippen molar-refractivity contribution in [2.24, 2.45) is 0 Å². The quantitative estimate of drug-likeness (QED) is 0.832. The number of hydrogen-bond donors (Lipinski definition) is 1. The Balaban J connectivity index is 1.46. The van der Waals surface area contributed by atoms with Gasteiger partial charge in [-0.25, -0.2) is 4.79 Å². The van der Waals surface area contributed by atoms with Gasteiger partial charge in [-0.1, -0.05) is 47.5 Å². The number of nitrogens with zero attached hydrogens (tertiary/aromatic N) is 1. The molecule has 1 aliphatic heterocycles. The molecule has 7 heteroatoms. The number of benzene rings is 2. The highest BCUT2D eigenvalue weighted by molar-refractivity contribution is 6.42. The summed E-state index contributed by atoms with van der Waals surface area (Å²) in [5.74, 6) is 0.510. The van der Waals surface area contributed by atoms with Crippen molar-refractivity contribution in [3.8, 4) is 5.75 Å². The van der Waals surface area contributed by atoms with E-state index in [2.05, 4.69) is 10.2 Å². The Morgan fingerprint density at radius 2 is 2.00 bits per heavy atom. The average Bonchev–Trinajstić information content (AvgIpc) is 2.64. The van der Waals surface area contributed by atoms with Crippen LogP contribution in [-0.2, 0) is 11.3 Å². The Morgan fingerprint density at radius 1 is 1.19 bits per heavy atom. The van der Waals surface area contributed by atoms with Gasteiger partial charge in [0.15, 0.2) is 0 Å². The maximum absolute atomic E-state index is 11.9. The van der Waals surface area contributed by atoms with Crippen LogP contribution >= 0.6 is 23.2 Å². The van der Waals surface area contributed by atoms with Crippen LogP contribution in [0.3, 0.4) is 0 Å². The zero-order valence-corrected chi connectivity index (χ0v) is 15.7. The van der Waals surface area contributed by atoms with E-state index in [-0.39, 0.29) is 6.10 Å². The zero-order valence-electron chi connectivity index (χ0n) is 14.2. The first-order valence-corrected chi connectivity index (χ1v) is 9.14. The molecular formula is C19H20Cl2N2O3. The van der Waals surface area contributed by atoms with Crippen molar-refractivity contribution in [2.45, 2.75) is 12.6 Å². The van der Waals surface area contributed by atoms with Crippen molar-refractivity contribution in [3.05, 3.63) is 64.1 Å². The van der Waals surface area contributed by atoms with Gasteiger partial charge in [0.05, 0.1) is 22.8 Å². The molecule has 0 bridgehead atoms. The van der Waals surface area contributed by atoms with Crippen LogP contribution in [0.25, 0.3) is 0 Å². The van der Waals surface area contributed by atoms with E-state index >= 15 is 0 Å². The smallest absolute Gasteiger partial charge is 0.410 e. The minimum Gasteiger partial charge on any atom is -0.410 e. The molecule has 1 aliphatic rings. The number of morpholine rings is 1. The van der Waals surface area contributed by atoms with Crippen molar-refractivity contribution < 1.29 is 14.3 Å². The van der Waals surface area contributed by atoms with E-state index in [1.54, 1.807) is 18.2 Å². The summed E-state index contributed by atoms with van der Waals surface area (Å²) in [6.07, 6.45) is -0.573. The van der Waals surface area contributed by atoms with Gasteiger partial charge < -0.3 is 14.8 Å². The SMILES string of the molecule is O=C(NCC1CN(Cc2ccc(Cl)c(Cl)c2)CCO1)Oc1ccccc1. The van der Waals surface area contributed by atoms with Gasteiger partial charge in [0.1, 0.15) is 5.75 Å². The van der Waals surface area contributed by atoms with Crippen LogP contribution in [-0.4, -0.2) is 43.3 Å². The van der Waals surface area contributed by atoms with Crippen molar-refractivity contribution in [1.29, 1.82) is 0 Å². The molecule has 0 aliphatic carbocycles. The van der Waals surface area contributed by atoms with Crippen molar-refractivity contribution >= 4 is 29.3 Å². The highest BCUT2D eigenvalue weighted by Gasteiger charge is 2.21. The first-order chi connectivity index (χ1) is 12.6. The van der Waals surface area contributed by atoms with Gasteiger partial charge in [0, 0.05) is 26.2 Å². The number of carbonyl (C=O) groups excluding carboxylic acids is 1. The third-order valence-corrected chi connectivity index (χ3v) is 4.78. The first-order valence-electron chi connectivity index (χ1n) is 8.39. The maximum atomic E-state index is 11.9. The molecule has 1 unspecified atom stereocenters.